The number of nitrogens with zero attached hydrogens (tertiary/aromatic N) is 7. The zero-order chi connectivity index (χ0) is 31.8. The molecule has 3 atom stereocenters. The molecule has 6 aromatic rings. The summed E-state index contributed by atoms with van der Waals surface area (Å²) in [5.74, 6) is 0.552. The van der Waals surface area contributed by atoms with E-state index in [0.717, 1.165) is 28.0 Å². The molecule has 1 unspecified atom stereocenters. The first-order valence-electron chi connectivity index (χ1n) is 14.7. The molecule has 12 heteroatoms. The predicted molar refractivity (Wildman–Crippen MR) is 170 cm³/mol. The van der Waals surface area contributed by atoms with Crippen LogP contribution in [0.3, 0.4) is 0 Å². The first-order chi connectivity index (χ1) is 22.4. The number of pyridine rings is 1. The van der Waals surface area contributed by atoms with Gasteiger partial charge in [0.15, 0.2) is 6.20 Å². The molecule has 7 rings (SSSR count). The van der Waals surface area contributed by atoms with E-state index < -0.39 is 5.97 Å². The van der Waals surface area contributed by atoms with Gasteiger partial charge in [-0.05, 0) is 94.8 Å². The maximum Gasteiger partial charge on any atom is 0.335 e. The van der Waals surface area contributed by atoms with Gasteiger partial charge in [-0.3, -0.25) is 4.68 Å². The van der Waals surface area contributed by atoms with Gasteiger partial charge < -0.3 is 15.1 Å². The largest absolute Gasteiger partial charge is 0.618 e. The van der Waals surface area contributed by atoms with Crippen LogP contribution in [-0.2, 0) is 0 Å². The first kappa shape index (κ1) is 29.2. The van der Waals surface area contributed by atoms with Crippen molar-refractivity contribution in [2.75, 3.05) is 7.11 Å². The number of halogens is 1. The normalized spacial score (nSPS) is 16.2. The lowest BCUT2D eigenvalue weighted by atomic mass is 10.00. The van der Waals surface area contributed by atoms with Crippen molar-refractivity contribution >= 4 is 17.6 Å². The number of hydrogen-bond donors (Lipinski definition) is 1. The van der Waals surface area contributed by atoms with Crippen LogP contribution in [0.25, 0.3) is 27.9 Å². The van der Waals surface area contributed by atoms with Crippen molar-refractivity contribution in [2.24, 2.45) is 5.92 Å². The molecule has 1 fully saturated rings. The number of tetrazole rings is 1. The predicted octanol–water partition coefficient (Wildman–Crippen LogP) is 5.97. The fraction of sp³-hybridized carbons (Fsp3) is 0.176. The molecule has 0 radical (unpaired) electrons. The summed E-state index contributed by atoms with van der Waals surface area (Å²) in [6.45, 7) is 0. The summed E-state index contributed by atoms with van der Waals surface area (Å²) >= 11 is 6.36. The van der Waals surface area contributed by atoms with Gasteiger partial charge in [0.05, 0.1) is 24.6 Å². The number of methoxy groups -OCH3 is 1. The van der Waals surface area contributed by atoms with E-state index in [-0.39, 0.29) is 11.6 Å². The molecular weight excluding hydrogens is 606 g/mol. The van der Waals surface area contributed by atoms with Gasteiger partial charge in [0.25, 0.3) is 0 Å². The van der Waals surface area contributed by atoms with Gasteiger partial charge in [-0.1, -0.05) is 35.9 Å². The van der Waals surface area contributed by atoms with Crippen LogP contribution in [0.5, 0.6) is 5.75 Å². The lowest BCUT2D eigenvalue weighted by molar-refractivity contribution is -0.615. The minimum absolute atomic E-state index is 0.211. The summed E-state index contributed by atoms with van der Waals surface area (Å²) in [7, 11) is 1.65. The van der Waals surface area contributed by atoms with Gasteiger partial charge in [-0.2, -0.15) is 14.5 Å². The second-order valence-corrected chi connectivity index (χ2v) is 11.7. The van der Waals surface area contributed by atoms with Crippen molar-refractivity contribution < 1.29 is 19.4 Å². The van der Waals surface area contributed by atoms with Crippen LogP contribution in [0.4, 0.5) is 0 Å². The Morgan fingerprint density at radius 2 is 1.85 bits per heavy atom. The average Bonchev–Trinajstić information content (AvgIpc) is 3.40. The quantitative estimate of drug-likeness (QED) is 0.144. The van der Waals surface area contributed by atoms with Gasteiger partial charge in [-0.25, -0.2) is 4.79 Å². The van der Waals surface area contributed by atoms with Crippen molar-refractivity contribution in [3.8, 4) is 33.7 Å². The third-order valence-electron chi connectivity index (χ3n) is 8.53. The number of aromatic carboxylic acids is 1. The van der Waals surface area contributed by atoms with Gasteiger partial charge >= 0.3 is 5.97 Å². The van der Waals surface area contributed by atoms with Gasteiger partial charge in [0.2, 0.25) is 5.69 Å². The molecule has 230 valence electrons. The molecule has 0 amide bonds. The summed E-state index contributed by atoms with van der Waals surface area (Å²) in [5.41, 5.74) is 5.71. The molecule has 0 spiro atoms. The molecule has 1 aliphatic rings. The molecule has 3 aromatic carbocycles. The van der Waals surface area contributed by atoms with Crippen molar-refractivity contribution in [1.82, 2.24) is 30.0 Å². The highest BCUT2D eigenvalue weighted by molar-refractivity contribution is 6.31. The Morgan fingerprint density at radius 1 is 1.07 bits per heavy atom. The Kier molecular flexibility index (Phi) is 7.67. The molecule has 0 bridgehead atoms. The van der Waals surface area contributed by atoms with Crippen LogP contribution in [0, 0.1) is 11.1 Å². The minimum atomic E-state index is -0.982. The van der Waals surface area contributed by atoms with E-state index in [9.17, 15) is 15.1 Å². The number of aromatic nitrogens is 7. The number of benzene rings is 3. The van der Waals surface area contributed by atoms with E-state index in [0.29, 0.717) is 45.8 Å². The van der Waals surface area contributed by atoms with Gasteiger partial charge in [-0.15, -0.1) is 5.10 Å². The lowest BCUT2D eigenvalue weighted by Gasteiger charge is -2.18. The average molecular weight is 634 g/mol. The van der Waals surface area contributed by atoms with Crippen LogP contribution < -0.4 is 9.47 Å². The smallest absolute Gasteiger partial charge is 0.335 e. The molecule has 11 nitrogen and oxygen atoms in total. The Labute approximate surface area is 268 Å². The van der Waals surface area contributed by atoms with Crippen LogP contribution in [0.15, 0.2) is 104 Å². The maximum absolute atomic E-state index is 13.8. The Hall–Kier alpha value is -5.55. The molecule has 1 aliphatic carbocycles. The van der Waals surface area contributed by atoms with Crippen molar-refractivity contribution in [3.63, 3.8) is 0 Å². The fourth-order valence-corrected chi connectivity index (χ4v) is 6.17. The number of carboxylic acids is 1. The van der Waals surface area contributed by atoms with Gasteiger partial charge in [0, 0.05) is 34.0 Å². The second-order valence-electron chi connectivity index (χ2n) is 11.3. The van der Waals surface area contributed by atoms with E-state index in [2.05, 4.69) is 27.7 Å². The number of rotatable bonds is 10. The highest BCUT2D eigenvalue weighted by Gasteiger charge is 2.42. The number of ether oxygens (including phenoxy) is 1. The molecular formula is C34H28ClN7O4. The van der Waals surface area contributed by atoms with E-state index in [4.69, 9.17) is 21.4 Å². The zero-order valence-corrected chi connectivity index (χ0v) is 25.4. The second kappa shape index (κ2) is 12.1. The topological polar surface area (TPSA) is 135 Å². The van der Waals surface area contributed by atoms with Crippen LogP contribution in [0.2, 0.25) is 5.02 Å². The molecule has 3 aromatic heterocycles. The standard InChI is InChI=1S/C34H28ClN7O4/c1-46-28-10-6-22(7-11-28)29-14-25(29)15-33(40-18-26(17-37-40)21-2-4-23(5-3-21)34(43)44)32-12-8-24(19-42(32)45)30-16-27(35)9-13-31(30)41-20-36-38-39-41/h2-13,16-20,25,29,33H,14-15H2,1H3,(H,43,44)/t25?,29-,33+/m0/s1. The SMILES string of the molecule is COc1ccc([C@@H]2CC2C[C@H](c2ccc(-c3cc(Cl)ccc3-n3cnnn3)c[n+]2[O-])n2cc(-c3ccc(C(=O)O)cc3)cn2)cc1. The molecule has 46 heavy (non-hydrogen) atoms. The first-order valence-corrected chi connectivity index (χ1v) is 15.0. The third kappa shape index (κ3) is 5.80. The van der Waals surface area contributed by atoms with Crippen molar-refractivity contribution in [3.05, 3.63) is 131 Å². The third-order valence-corrected chi connectivity index (χ3v) is 8.76. The number of carboxylic acid groups (broad SMARTS) is 1. The van der Waals surface area contributed by atoms with E-state index in [1.165, 1.54) is 16.6 Å². The highest BCUT2D eigenvalue weighted by atomic mass is 35.5. The molecule has 0 aliphatic heterocycles. The van der Waals surface area contributed by atoms with Crippen LogP contribution >= 0.6 is 11.6 Å². The number of hydrogen-bond acceptors (Lipinski definition) is 7. The lowest BCUT2D eigenvalue weighted by Crippen LogP contribution is -2.35. The van der Waals surface area contributed by atoms with E-state index in [1.807, 2.05) is 35.1 Å². The summed E-state index contributed by atoms with van der Waals surface area (Å²) in [6.07, 6.45) is 8.38. The zero-order valence-electron chi connectivity index (χ0n) is 24.6. The maximum atomic E-state index is 13.8. The van der Waals surface area contributed by atoms with Crippen molar-refractivity contribution in [2.45, 2.75) is 24.8 Å². The van der Waals surface area contributed by atoms with Crippen molar-refractivity contribution in [1.29, 1.82) is 0 Å². The Bertz CT molecular complexity index is 2010. The highest BCUT2D eigenvalue weighted by Crippen LogP contribution is 2.52. The molecule has 0 saturated heterocycles. The Balaban J connectivity index is 1.23. The van der Waals surface area contributed by atoms with E-state index in [1.54, 1.807) is 62.0 Å². The monoisotopic (exact) mass is 633 g/mol. The molecule has 1 N–H and O–H groups in total. The van der Waals surface area contributed by atoms with Crippen LogP contribution in [-0.4, -0.2) is 48.2 Å². The van der Waals surface area contributed by atoms with E-state index >= 15 is 0 Å². The fourth-order valence-electron chi connectivity index (χ4n) is 6.00. The van der Waals surface area contributed by atoms with Crippen LogP contribution in [0.1, 0.15) is 46.4 Å². The molecule has 1 saturated carbocycles. The summed E-state index contributed by atoms with van der Waals surface area (Å²) < 4.78 is 9.59. The molecule has 3 heterocycles. The Morgan fingerprint density at radius 3 is 2.54 bits per heavy atom. The summed E-state index contributed by atoms with van der Waals surface area (Å²) in [5, 5.41) is 39.8. The summed E-state index contributed by atoms with van der Waals surface area (Å²) in [4.78, 5) is 11.3. The van der Waals surface area contributed by atoms with Gasteiger partial charge in [0.1, 0.15) is 18.1 Å². The minimum Gasteiger partial charge on any atom is -0.618 e. The summed E-state index contributed by atoms with van der Waals surface area (Å²) in [6, 6.07) is 23.5. The number of carbonyl (C=O) groups is 1.